The van der Waals surface area contributed by atoms with Gasteiger partial charge in [0.25, 0.3) is 11.6 Å². The molecule has 228 valence electrons. The van der Waals surface area contributed by atoms with Crippen LogP contribution >= 0.6 is 0 Å². The van der Waals surface area contributed by atoms with Crippen molar-refractivity contribution in [1.29, 1.82) is 0 Å². The highest BCUT2D eigenvalue weighted by Crippen LogP contribution is 2.34. The van der Waals surface area contributed by atoms with E-state index in [1.54, 1.807) is 0 Å². The third kappa shape index (κ3) is 4.55. The largest absolute Gasteiger partial charge is 0.370 e. The third-order valence-corrected chi connectivity index (χ3v) is 9.31. The Hall–Kier alpha value is -7.02. The van der Waals surface area contributed by atoms with Gasteiger partial charge in [-0.25, -0.2) is 0 Å². The zero-order valence-corrected chi connectivity index (χ0v) is 26.2. The molecule has 0 radical (unpaired) electrons. The van der Waals surface area contributed by atoms with Gasteiger partial charge < -0.3 is 18.8 Å². The molecule has 49 heavy (non-hydrogen) atoms. The van der Waals surface area contributed by atoms with E-state index in [-0.39, 0.29) is 11.6 Å². The Balaban J connectivity index is 1.10. The summed E-state index contributed by atoms with van der Waals surface area (Å²) in [6.07, 6.45) is 0.376. The summed E-state index contributed by atoms with van der Waals surface area (Å²) in [5, 5.41) is 4.83. The number of hydrogen-bond acceptors (Lipinski definition) is 2. The van der Waals surface area contributed by atoms with Crippen molar-refractivity contribution in [2.75, 3.05) is 0 Å². The molecule has 0 saturated carbocycles. The summed E-state index contributed by atoms with van der Waals surface area (Å²) < 4.78 is 4.55. The molecule has 9 rings (SSSR count). The van der Waals surface area contributed by atoms with Crippen molar-refractivity contribution >= 4 is 55.0 Å². The maximum Gasteiger partial charge on any atom is 0.293 e. The van der Waals surface area contributed by atoms with Crippen LogP contribution in [0.25, 0.3) is 64.7 Å². The van der Waals surface area contributed by atoms with Crippen molar-refractivity contribution in [3.05, 3.63) is 191 Å². The average molecular weight is 627 g/mol. The molecule has 0 atom stereocenters. The first kappa shape index (κ1) is 28.2. The van der Waals surface area contributed by atoms with Gasteiger partial charge in [0.2, 0.25) is 0 Å². The molecular weight excluding hydrogens is 601 g/mol. The molecule has 0 N–H and O–H groups in total. The molecule has 0 unspecified atom stereocenters. The minimum absolute atomic E-state index is 0.00775. The van der Waals surface area contributed by atoms with E-state index >= 15 is 0 Å². The normalized spacial score (nSPS) is 13.3. The summed E-state index contributed by atoms with van der Waals surface area (Å²) in [5.74, 6) is 0.0155. The molecule has 6 heteroatoms. The zero-order valence-electron chi connectivity index (χ0n) is 26.2. The number of benzene rings is 6. The van der Waals surface area contributed by atoms with Gasteiger partial charge in [-0.3, -0.25) is 0 Å². The van der Waals surface area contributed by atoms with Crippen LogP contribution in [0.2, 0.25) is 0 Å². The topological polar surface area (TPSA) is 43.3 Å². The first-order valence-corrected chi connectivity index (χ1v) is 16.0. The monoisotopic (exact) mass is 626 g/mol. The molecule has 2 aromatic heterocycles. The Morgan fingerprint density at radius 3 is 1.02 bits per heavy atom. The number of aromatic nitrogens is 2. The first-order chi connectivity index (χ1) is 24.2. The predicted octanol–water partition coefficient (Wildman–Crippen LogP) is 10.5. The van der Waals surface area contributed by atoms with Crippen LogP contribution in [0.15, 0.2) is 167 Å². The fourth-order valence-electron chi connectivity index (χ4n) is 7.08. The molecule has 0 amide bonds. The van der Waals surface area contributed by atoms with E-state index in [2.05, 4.69) is 140 Å². The summed E-state index contributed by atoms with van der Waals surface area (Å²) in [5.41, 5.74) is 9.79. The van der Waals surface area contributed by atoms with Crippen LogP contribution in [-0.4, -0.2) is 20.6 Å². The van der Waals surface area contributed by atoms with Gasteiger partial charge in [0.15, 0.2) is 0 Å². The molecule has 3 heterocycles. The lowest BCUT2D eigenvalue weighted by Gasteiger charge is -2.10. The van der Waals surface area contributed by atoms with Crippen molar-refractivity contribution in [3.8, 4) is 11.4 Å². The van der Waals surface area contributed by atoms with Gasteiger partial charge in [-0.2, -0.15) is 0 Å². The highest BCUT2D eigenvalue weighted by atomic mass is 15.1. The third-order valence-electron chi connectivity index (χ3n) is 9.31. The Morgan fingerprint density at radius 1 is 0.408 bits per heavy atom. The second-order valence-electron chi connectivity index (χ2n) is 12.0. The summed E-state index contributed by atoms with van der Waals surface area (Å²) >= 11 is 0. The smallest absolute Gasteiger partial charge is 0.293 e. The van der Waals surface area contributed by atoms with Crippen molar-refractivity contribution in [2.45, 2.75) is 6.42 Å². The van der Waals surface area contributed by atoms with Crippen molar-refractivity contribution in [3.63, 3.8) is 0 Å². The van der Waals surface area contributed by atoms with Gasteiger partial charge in [0.1, 0.15) is 11.4 Å². The van der Waals surface area contributed by atoms with Gasteiger partial charge in [0, 0.05) is 44.0 Å². The molecule has 8 aromatic rings. The quantitative estimate of drug-likeness (QED) is 0.175. The van der Waals surface area contributed by atoms with Crippen LogP contribution in [0.5, 0.6) is 0 Å². The molecule has 0 bridgehead atoms. The SMILES string of the molecule is [C-]#[N+]C1=C([N+]#[C-])N=C(c2ccc(-n3c4ccccc4c4ccccc43)cc2)CC(c2ccc(-n3c4ccccc4c4ccccc43)cc2)=N1. The number of para-hydroxylation sites is 4. The van der Waals surface area contributed by atoms with Gasteiger partial charge in [0.05, 0.1) is 28.5 Å². The summed E-state index contributed by atoms with van der Waals surface area (Å²) in [4.78, 5) is 16.6. The van der Waals surface area contributed by atoms with Crippen molar-refractivity contribution < 1.29 is 0 Å². The maximum absolute atomic E-state index is 7.81. The van der Waals surface area contributed by atoms with E-state index in [0.29, 0.717) is 17.8 Å². The van der Waals surface area contributed by atoms with Gasteiger partial charge in [-0.05, 0) is 72.8 Å². The lowest BCUT2D eigenvalue weighted by atomic mass is 9.99. The van der Waals surface area contributed by atoms with Crippen LogP contribution in [0.1, 0.15) is 17.5 Å². The number of rotatable bonds is 4. The van der Waals surface area contributed by atoms with Gasteiger partial charge in [-0.15, -0.1) is 9.98 Å². The maximum atomic E-state index is 7.81. The van der Waals surface area contributed by atoms with E-state index in [0.717, 1.165) is 44.6 Å². The molecule has 1 aliphatic rings. The Bertz CT molecular complexity index is 2490. The Labute approximate surface area is 282 Å². The van der Waals surface area contributed by atoms with Gasteiger partial charge >= 0.3 is 0 Å². The van der Waals surface area contributed by atoms with Crippen LogP contribution < -0.4 is 0 Å². The van der Waals surface area contributed by atoms with Crippen molar-refractivity contribution in [2.24, 2.45) is 9.98 Å². The van der Waals surface area contributed by atoms with E-state index in [4.69, 9.17) is 23.1 Å². The van der Waals surface area contributed by atoms with E-state index < -0.39 is 0 Å². The lowest BCUT2D eigenvalue weighted by molar-refractivity contribution is 1.18. The fraction of sp³-hybridized carbons (Fsp3) is 0.0233. The lowest BCUT2D eigenvalue weighted by Crippen LogP contribution is -2.10. The van der Waals surface area contributed by atoms with E-state index in [1.807, 2.05) is 24.3 Å². The summed E-state index contributed by atoms with van der Waals surface area (Å²) in [7, 11) is 0. The second kappa shape index (κ2) is 11.3. The molecule has 1 aliphatic heterocycles. The van der Waals surface area contributed by atoms with Gasteiger partial charge in [-0.1, -0.05) is 85.9 Å². The molecule has 6 aromatic carbocycles. The number of hydrogen-bond donors (Lipinski definition) is 0. The van der Waals surface area contributed by atoms with E-state index in [1.165, 1.54) is 21.5 Å². The molecule has 0 fully saturated rings. The molecule has 0 spiro atoms. The molecular formula is C43H26N6. The molecule has 0 aliphatic carbocycles. The summed E-state index contributed by atoms with van der Waals surface area (Å²) in [6.45, 7) is 15.6. The predicted molar refractivity (Wildman–Crippen MR) is 199 cm³/mol. The first-order valence-electron chi connectivity index (χ1n) is 16.0. The number of aliphatic imine (C=N–C) groups is 2. The van der Waals surface area contributed by atoms with Crippen LogP contribution in [-0.2, 0) is 0 Å². The van der Waals surface area contributed by atoms with E-state index in [9.17, 15) is 0 Å². The zero-order chi connectivity index (χ0) is 32.9. The minimum atomic E-state index is 0.00775. The minimum Gasteiger partial charge on any atom is -0.370 e. The fourth-order valence-corrected chi connectivity index (χ4v) is 7.08. The second-order valence-corrected chi connectivity index (χ2v) is 12.0. The average Bonchev–Trinajstić information content (AvgIpc) is 3.60. The van der Waals surface area contributed by atoms with Crippen LogP contribution in [0.3, 0.4) is 0 Å². The van der Waals surface area contributed by atoms with Crippen molar-refractivity contribution in [1.82, 2.24) is 9.13 Å². The Morgan fingerprint density at radius 2 is 0.714 bits per heavy atom. The molecule has 6 nitrogen and oxygen atoms in total. The number of nitrogens with zero attached hydrogens (tertiary/aromatic N) is 6. The standard InChI is InChI=1S/C43H26N6/c1-44-42-43(45-2)47-37(29-21-25-31(26-22-29)49-40-17-9-5-13-34(40)35-14-6-10-18-41(35)49)27-36(46-42)28-19-23-30(24-20-28)48-38-15-7-3-11-32(38)33-12-4-8-16-39(33)48/h3-26H,27H2. The highest BCUT2D eigenvalue weighted by molar-refractivity contribution is 6.19. The van der Waals surface area contributed by atoms with Crippen LogP contribution in [0, 0.1) is 13.1 Å². The van der Waals surface area contributed by atoms with Crippen LogP contribution in [0.4, 0.5) is 0 Å². The Kier molecular flexibility index (Phi) is 6.54. The molecule has 0 saturated heterocycles. The highest BCUT2D eigenvalue weighted by Gasteiger charge is 2.24. The number of fused-ring (bicyclic) bond motifs is 6. The summed E-state index contributed by atoms with van der Waals surface area (Å²) in [6, 6.07) is 50.3.